The highest BCUT2D eigenvalue weighted by molar-refractivity contribution is 6.03. The van der Waals surface area contributed by atoms with Crippen LogP contribution in [0.25, 0.3) is 5.65 Å². The normalized spacial score (nSPS) is 14.1. The maximum atomic E-state index is 12.0. The summed E-state index contributed by atoms with van der Waals surface area (Å²) >= 11 is 0. The van der Waals surface area contributed by atoms with E-state index < -0.39 is 0 Å². The first-order valence-electron chi connectivity index (χ1n) is 9.29. The Morgan fingerprint density at radius 3 is 2.82 bits per heavy atom. The molecular formula is C21H22N6O. The van der Waals surface area contributed by atoms with E-state index in [0.29, 0.717) is 18.1 Å². The predicted molar refractivity (Wildman–Crippen MR) is 109 cm³/mol. The number of fused-ring (bicyclic) bond motifs is 1. The van der Waals surface area contributed by atoms with Crippen molar-refractivity contribution in [1.82, 2.24) is 19.6 Å². The van der Waals surface area contributed by atoms with E-state index in [1.165, 1.54) is 0 Å². The van der Waals surface area contributed by atoms with Gasteiger partial charge in [0.15, 0.2) is 5.65 Å². The highest BCUT2D eigenvalue weighted by Gasteiger charge is 2.30. The molecule has 0 atom stereocenters. The molecule has 4 rings (SSSR count). The van der Waals surface area contributed by atoms with Crippen LogP contribution in [0, 0.1) is 5.92 Å². The number of hydrazone groups is 1. The quantitative estimate of drug-likeness (QED) is 0.508. The minimum absolute atomic E-state index is 0.0106. The van der Waals surface area contributed by atoms with Gasteiger partial charge in [0.25, 0.3) is 0 Å². The van der Waals surface area contributed by atoms with Gasteiger partial charge in [-0.2, -0.15) is 10.1 Å². The number of hydrogen-bond acceptors (Lipinski definition) is 5. The molecule has 0 bridgehead atoms. The Labute approximate surface area is 163 Å². The number of aromatic nitrogens is 3. The van der Waals surface area contributed by atoms with Gasteiger partial charge >= 0.3 is 0 Å². The molecule has 2 aromatic heterocycles. The van der Waals surface area contributed by atoms with Crippen molar-refractivity contribution in [2.75, 3.05) is 5.32 Å². The Bertz CT molecular complexity index is 1040. The molecule has 1 saturated carbocycles. The van der Waals surface area contributed by atoms with Crippen LogP contribution in [0.4, 0.5) is 5.95 Å². The lowest BCUT2D eigenvalue weighted by Crippen LogP contribution is -2.14. The van der Waals surface area contributed by atoms with Crippen LogP contribution in [-0.2, 0) is 11.3 Å². The molecule has 0 unspecified atom stereocenters. The van der Waals surface area contributed by atoms with Crippen LogP contribution in [0.5, 0.6) is 0 Å². The van der Waals surface area contributed by atoms with Crippen LogP contribution in [0.15, 0.2) is 66.5 Å². The number of anilines is 1. The highest BCUT2D eigenvalue weighted by Crippen LogP contribution is 2.29. The zero-order valence-corrected chi connectivity index (χ0v) is 15.7. The minimum atomic E-state index is -0.0106. The van der Waals surface area contributed by atoms with Crippen molar-refractivity contribution in [1.29, 1.82) is 0 Å². The van der Waals surface area contributed by atoms with Crippen molar-refractivity contribution in [2.45, 2.75) is 26.3 Å². The van der Waals surface area contributed by atoms with Gasteiger partial charge in [0.05, 0.1) is 12.3 Å². The summed E-state index contributed by atoms with van der Waals surface area (Å²) in [6.07, 6.45) is 5.38. The molecule has 1 amide bonds. The van der Waals surface area contributed by atoms with E-state index in [1.807, 2.05) is 37.3 Å². The molecular weight excluding hydrogens is 352 g/mol. The Kier molecular flexibility index (Phi) is 4.89. The van der Waals surface area contributed by atoms with E-state index in [2.05, 4.69) is 39.2 Å². The van der Waals surface area contributed by atoms with Crippen molar-refractivity contribution in [3.8, 4) is 0 Å². The van der Waals surface area contributed by atoms with Gasteiger partial charge in [-0.3, -0.25) is 15.1 Å². The van der Waals surface area contributed by atoms with E-state index in [4.69, 9.17) is 0 Å². The number of rotatable bonds is 7. The molecule has 3 aromatic rings. The molecule has 7 nitrogen and oxygen atoms in total. The van der Waals surface area contributed by atoms with E-state index in [1.54, 1.807) is 21.9 Å². The van der Waals surface area contributed by atoms with Crippen LogP contribution < -0.4 is 5.32 Å². The lowest BCUT2D eigenvalue weighted by atomic mass is 10.2. The summed E-state index contributed by atoms with van der Waals surface area (Å²) < 4.78 is 1.66. The topological polar surface area (TPSA) is 74.9 Å². The molecule has 0 spiro atoms. The second-order valence-corrected chi connectivity index (χ2v) is 6.84. The number of nitrogens with one attached hydrogen (secondary N) is 1. The number of pyridine rings is 1. The number of hydrogen-bond donors (Lipinski definition) is 1. The van der Waals surface area contributed by atoms with Gasteiger partial charge in [0, 0.05) is 23.9 Å². The molecule has 1 aliphatic carbocycles. The largest absolute Gasteiger partial charge is 0.293 e. The summed E-state index contributed by atoms with van der Waals surface area (Å²) in [5.74, 6) is 0.416. The molecule has 1 aliphatic rings. The number of benzene rings is 1. The van der Waals surface area contributed by atoms with Gasteiger partial charge < -0.3 is 0 Å². The van der Waals surface area contributed by atoms with Crippen LogP contribution in [-0.4, -0.2) is 31.2 Å². The molecule has 0 saturated heterocycles. The number of amides is 1. The zero-order chi connectivity index (χ0) is 19.5. The zero-order valence-electron chi connectivity index (χ0n) is 15.7. The average molecular weight is 374 g/mol. The second-order valence-electron chi connectivity index (χ2n) is 6.84. The molecule has 1 N–H and O–H groups in total. The van der Waals surface area contributed by atoms with Crippen LogP contribution in [0.1, 0.15) is 30.9 Å². The maximum Gasteiger partial charge on any atom is 0.249 e. The van der Waals surface area contributed by atoms with Crippen molar-refractivity contribution in [2.24, 2.45) is 11.0 Å². The van der Waals surface area contributed by atoms with Crippen LogP contribution in [0.3, 0.4) is 0 Å². The molecule has 1 fully saturated rings. The van der Waals surface area contributed by atoms with Crippen LogP contribution in [0.2, 0.25) is 0 Å². The highest BCUT2D eigenvalue weighted by atomic mass is 16.2. The summed E-state index contributed by atoms with van der Waals surface area (Å²) in [7, 11) is 0. The Hall–Kier alpha value is -3.48. The lowest BCUT2D eigenvalue weighted by Gasteiger charge is -2.15. The Balaban J connectivity index is 1.59. The first kappa shape index (κ1) is 17.9. The summed E-state index contributed by atoms with van der Waals surface area (Å²) in [6, 6.07) is 13.9. The molecule has 142 valence electrons. The summed E-state index contributed by atoms with van der Waals surface area (Å²) in [4.78, 5) is 16.5. The fourth-order valence-corrected chi connectivity index (χ4v) is 2.96. The van der Waals surface area contributed by atoms with E-state index in [9.17, 15) is 4.79 Å². The molecule has 28 heavy (non-hydrogen) atoms. The maximum absolute atomic E-state index is 12.0. The fraction of sp³-hybridized carbons (Fsp3) is 0.238. The van der Waals surface area contributed by atoms with E-state index in [-0.39, 0.29) is 11.8 Å². The second kappa shape index (κ2) is 7.64. The first-order valence-corrected chi connectivity index (χ1v) is 9.29. The lowest BCUT2D eigenvalue weighted by molar-refractivity contribution is -0.117. The summed E-state index contributed by atoms with van der Waals surface area (Å²) in [6.45, 7) is 6.41. The number of carbonyl (C=O) groups is 1. The molecule has 2 heterocycles. The van der Waals surface area contributed by atoms with Gasteiger partial charge in [0.2, 0.25) is 11.9 Å². The van der Waals surface area contributed by atoms with Crippen LogP contribution >= 0.6 is 0 Å². The van der Waals surface area contributed by atoms with Gasteiger partial charge in [-0.25, -0.2) is 4.52 Å². The SMILES string of the molecule is C=CN(Cc1ccccc1)/N=C(\C)c1cccn2nc(NC(=O)C3CC3)nc12. The predicted octanol–water partition coefficient (Wildman–Crippen LogP) is 3.45. The third-order valence-corrected chi connectivity index (χ3v) is 4.61. The van der Waals surface area contributed by atoms with Crippen molar-refractivity contribution < 1.29 is 4.79 Å². The standard InChI is InChI=1S/C21H22N6O/c1-3-26(14-16-8-5-4-6-9-16)24-15(2)18-10-7-13-27-19(18)22-21(25-27)23-20(28)17-11-12-17/h3-10,13,17H,1,11-12,14H2,2H3,(H,23,25,28)/b24-15+. The first-order chi connectivity index (χ1) is 13.6. The third-order valence-electron chi connectivity index (χ3n) is 4.61. The molecule has 0 aliphatic heterocycles. The monoisotopic (exact) mass is 374 g/mol. The number of carbonyl (C=O) groups excluding carboxylic acids is 1. The third kappa shape index (κ3) is 3.93. The van der Waals surface area contributed by atoms with Gasteiger partial charge in [0.1, 0.15) is 0 Å². The summed E-state index contributed by atoms with van der Waals surface area (Å²) in [5.41, 5.74) is 3.43. The Morgan fingerprint density at radius 2 is 2.11 bits per heavy atom. The molecule has 7 heteroatoms. The fourth-order valence-electron chi connectivity index (χ4n) is 2.96. The van der Waals surface area contributed by atoms with Gasteiger partial charge in [-0.05, 0) is 37.5 Å². The smallest absolute Gasteiger partial charge is 0.249 e. The van der Waals surface area contributed by atoms with Crippen molar-refractivity contribution in [3.63, 3.8) is 0 Å². The van der Waals surface area contributed by atoms with Gasteiger partial charge in [-0.1, -0.05) is 36.9 Å². The molecule has 1 aromatic carbocycles. The van der Waals surface area contributed by atoms with E-state index in [0.717, 1.165) is 29.7 Å². The average Bonchev–Trinajstić information content (AvgIpc) is 3.48. The van der Waals surface area contributed by atoms with Gasteiger partial charge in [-0.15, -0.1) is 5.10 Å². The van der Waals surface area contributed by atoms with Crippen molar-refractivity contribution in [3.05, 3.63) is 72.6 Å². The van der Waals surface area contributed by atoms with E-state index >= 15 is 0 Å². The van der Waals surface area contributed by atoms with Crippen molar-refractivity contribution >= 4 is 23.2 Å². The Morgan fingerprint density at radius 1 is 1.32 bits per heavy atom. The molecule has 0 radical (unpaired) electrons. The summed E-state index contributed by atoms with van der Waals surface area (Å²) in [5, 5.41) is 13.6. The minimum Gasteiger partial charge on any atom is -0.293 e. The number of nitrogens with zero attached hydrogens (tertiary/aromatic N) is 5.